The summed E-state index contributed by atoms with van der Waals surface area (Å²) in [6.45, 7) is 1.57. The fraction of sp³-hybridized carbons (Fsp3) is 0.545. The Kier molecular flexibility index (Phi) is 1.95. The van der Waals surface area contributed by atoms with Gasteiger partial charge < -0.3 is 14.8 Å². The van der Waals surface area contributed by atoms with Crippen LogP contribution in [0.2, 0.25) is 0 Å². The molecule has 0 saturated carbocycles. The number of amides is 1. The Morgan fingerprint density at radius 3 is 2.94 bits per heavy atom. The van der Waals surface area contributed by atoms with Gasteiger partial charge in [-0.2, -0.15) is 0 Å². The van der Waals surface area contributed by atoms with Gasteiger partial charge in [0.2, 0.25) is 5.91 Å². The molecule has 2 saturated heterocycles. The number of rotatable bonds is 2. The number of ether oxygens (including phenoxy) is 2. The molecule has 3 aliphatic heterocycles. The van der Waals surface area contributed by atoms with Crippen LogP contribution in [0.5, 0.6) is 0 Å². The topological polar surface area (TPSA) is 81.7 Å². The van der Waals surface area contributed by atoms with Crippen LogP contribution >= 0.6 is 0 Å². The molecule has 0 aromatic rings. The minimum atomic E-state index is -0.912. The SMILES string of the molecule is CC(=O)NC[C@@]12C=C[C@@H](O1)C1C(=O)OC(=O)[C@H]12. The number of esters is 2. The number of carbonyl (C=O) groups is 3. The second-order valence-electron chi connectivity index (χ2n) is 4.55. The van der Waals surface area contributed by atoms with Crippen LogP contribution in [0.15, 0.2) is 12.2 Å². The van der Waals surface area contributed by atoms with Crippen molar-refractivity contribution in [3.63, 3.8) is 0 Å². The van der Waals surface area contributed by atoms with Crippen molar-refractivity contribution >= 4 is 17.8 Å². The molecule has 6 heteroatoms. The molecule has 6 nitrogen and oxygen atoms in total. The van der Waals surface area contributed by atoms with Crippen molar-refractivity contribution in [2.24, 2.45) is 11.8 Å². The van der Waals surface area contributed by atoms with E-state index in [1.165, 1.54) is 6.92 Å². The lowest BCUT2D eigenvalue weighted by Gasteiger charge is -2.26. The van der Waals surface area contributed by atoms with Gasteiger partial charge in [0, 0.05) is 6.92 Å². The highest BCUT2D eigenvalue weighted by molar-refractivity contribution is 5.99. The van der Waals surface area contributed by atoms with Crippen LogP contribution in [0.4, 0.5) is 0 Å². The third kappa shape index (κ3) is 1.27. The zero-order chi connectivity index (χ0) is 12.2. The highest BCUT2D eigenvalue weighted by atomic mass is 16.6. The van der Waals surface area contributed by atoms with Crippen molar-refractivity contribution in [2.75, 3.05) is 6.54 Å². The Morgan fingerprint density at radius 2 is 2.24 bits per heavy atom. The summed E-state index contributed by atoms with van der Waals surface area (Å²) in [5.74, 6) is -2.48. The molecule has 0 spiro atoms. The van der Waals surface area contributed by atoms with Gasteiger partial charge in [-0.1, -0.05) is 12.2 Å². The zero-order valence-electron chi connectivity index (χ0n) is 9.14. The molecule has 3 heterocycles. The van der Waals surface area contributed by atoms with Gasteiger partial charge in [0.25, 0.3) is 0 Å². The van der Waals surface area contributed by atoms with Crippen LogP contribution < -0.4 is 5.32 Å². The Morgan fingerprint density at radius 1 is 1.47 bits per heavy atom. The van der Waals surface area contributed by atoms with Gasteiger partial charge in [-0.25, -0.2) is 0 Å². The molecule has 2 fully saturated rings. The van der Waals surface area contributed by atoms with Crippen LogP contribution in [-0.4, -0.2) is 36.1 Å². The zero-order valence-corrected chi connectivity index (χ0v) is 9.14. The van der Waals surface area contributed by atoms with E-state index < -0.39 is 35.5 Å². The first kappa shape index (κ1) is 10.5. The molecule has 1 unspecified atom stereocenters. The largest absolute Gasteiger partial charge is 0.393 e. The lowest BCUT2D eigenvalue weighted by Crippen LogP contribution is -2.47. The monoisotopic (exact) mass is 237 g/mol. The molecular weight excluding hydrogens is 226 g/mol. The Balaban J connectivity index is 1.91. The van der Waals surface area contributed by atoms with Crippen molar-refractivity contribution < 1.29 is 23.9 Å². The van der Waals surface area contributed by atoms with Crippen molar-refractivity contribution in [2.45, 2.75) is 18.6 Å². The summed E-state index contributed by atoms with van der Waals surface area (Å²) in [6.07, 6.45) is 3.09. The average molecular weight is 237 g/mol. The Labute approximate surface area is 96.9 Å². The summed E-state index contributed by atoms with van der Waals surface area (Å²) in [6, 6.07) is 0. The van der Waals surface area contributed by atoms with E-state index in [1.807, 2.05) is 0 Å². The van der Waals surface area contributed by atoms with E-state index >= 15 is 0 Å². The summed E-state index contributed by atoms with van der Waals surface area (Å²) < 4.78 is 10.3. The molecule has 1 N–H and O–H groups in total. The minimum absolute atomic E-state index is 0.179. The second kappa shape index (κ2) is 3.16. The van der Waals surface area contributed by atoms with Gasteiger partial charge in [-0.3, -0.25) is 14.4 Å². The molecule has 4 atom stereocenters. The number of hydrogen-bond acceptors (Lipinski definition) is 5. The molecular formula is C11H11NO5. The van der Waals surface area contributed by atoms with Gasteiger partial charge in [0.15, 0.2) is 0 Å². The Bertz CT molecular complexity index is 457. The van der Waals surface area contributed by atoms with Gasteiger partial charge in [0.05, 0.1) is 12.6 Å². The van der Waals surface area contributed by atoms with Crippen molar-refractivity contribution in [3.8, 4) is 0 Å². The van der Waals surface area contributed by atoms with Gasteiger partial charge in [-0.05, 0) is 0 Å². The predicted molar refractivity (Wildman–Crippen MR) is 53.5 cm³/mol. The van der Waals surface area contributed by atoms with Gasteiger partial charge in [0.1, 0.15) is 17.4 Å². The normalized spacial score (nSPS) is 41.6. The van der Waals surface area contributed by atoms with Crippen molar-refractivity contribution in [1.82, 2.24) is 5.32 Å². The molecule has 90 valence electrons. The first-order valence-electron chi connectivity index (χ1n) is 5.41. The molecule has 2 bridgehead atoms. The molecule has 0 aliphatic carbocycles. The Hall–Kier alpha value is -1.69. The summed E-state index contributed by atoms with van der Waals surface area (Å²) in [5.41, 5.74) is -0.912. The highest BCUT2D eigenvalue weighted by Crippen LogP contribution is 2.50. The third-order valence-corrected chi connectivity index (χ3v) is 3.50. The number of carbonyl (C=O) groups excluding carboxylic acids is 3. The third-order valence-electron chi connectivity index (χ3n) is 3.50. The van der Waals surface area contributed by atoms with E-state index in [2.05, 4.69) is 10.1 Å². The average Bonchev–Trinajstić information content (AvgIpc) is 2.88. The predicted octanol–water partition coefficient (Wildman–Crippen LogP) is -0.854. The first-order valence-corrected chi connectivity index (χ1v) is 5.41. The van der Waals surface area contributed by atoms with Crippen LogP contribution in [0, 0.1) is 11.8 Å². The van der Waals surface area contributed by atoms with Gasteiger partial charge >= 0.3 is 11.9 Å². The molecule has 3 aliphatic rings. The van der Waals surface area contributed by atoms with Gasteiger partial charge in [-0.15, -0.1) is 0 Å². The summed E-state index contributed by atoms with van der Waals surface area (Å²) in [5, 5.41) is 2.62. The fourth-order valence-corrected chi connectivity index (χ4v) is 2.77. The van der Waals surface area contributed by atoms with E-state index in [0.29, 0.717) is 0 Å². The number of cyclic esters (lactones) is 2. The first-order chi connectivity index (χ1) is 8.03. The highest BCUT2D eigenvalue weighted by Gasteiger charge is 2.66. The maximum absolute atomic E-state index is 11.6. The fourth-order valence-electron chi connectivity index (χ4n) is 2.77. The second-order valence-corrected chi connectivity index (χ2v) is 4.55. The van der Waals surface area contributed by atoms with E-state index in [0.717, 1.165) is 0 Å². The van der Waals surface area contributed by atoms with Crippen LogP contribution in [0.1, 0.15) is 6.92 Å². The smallest absolute Gasteiger partial charge is 0.320 e. The molecule has 3 rings (SSSR count). The lowest BCUT2D eigenvalue weighted by molar-refractivity contribution is -0.158. The minimum Gasteiger partial charge on any atom is -0.393 e. The number of nitrogens with one attached hydrogen (secondary N) is 1. The maximum Gasteiger partial charge on any atom is 0.320 e. The molecule has 17 heavy (non-hydrogen) atoms. The van der Waals surface area contributed by atoms with E-state index in [4.69, 9.17) is 4.74 Å². The molecule has 1 amide bonds. The number of hydrogen-bond donors (Lipinski definition) is 1. The maximum atomic E-state index is 11.6. The lowest BCUT2D eigenvalue weighted by atomic mass is 9.77. The molecule has 0 radical (unpaired) electrons. The molecule has 0 aromatic carbocycles. The van der Waals surface area contributed by atoms with E-state index in [-0.39, 0.29) is 12.5 Å². The van der Waals surface area contributed by atoms with E-state index in [9.17, 15) is 14.4 Å². The quantitative estimate of drug-likeness (QED) is 0.384. The number of fused-ring (bicyclic) bond motifs is 5. The van der Waals surface area contributed by atoms with Crippen molar-refractivity contribution in [3.05, 3.63) is 12.2 Å². The van der Waals surface area contributed by atoms with Crippen LogP contribution in [-0.2, 0) is 23.9 Å². The van der Waals surface area contributed by atoms with Crippen LogP contribution in [0.25, 0.3) is 0 Å². The van der Waals surface area contributed by atoms with Crippen LogP contribution in [0.3, 0.4) is 0 Å². The standard InChI is InChI=1S/C11H11NO5/c1-5(13)12-4-11-3-2-6(17-11)7-8(11)10(15)16-9(7)14/h2-3,6-8H,4H2,1H3,(H,12,13)/t6-,7?,8+,11-/m1/s1. The summed E-state index contributed by atoms with van der Waals surface area (Å²) in [7, 11) is 0. The van der Waals surface area contributed by atoms with E-state index in [1.54, 1.807) is 12.2 Å². The summed E-state index contributed by atoms with van der Waals surface area (Å²) in [4.78, 5) is 34.1. The van der Waals surface area contributed by atoms with Crippen molar-refractivity contribution in [1.29, 1.82) is 0 Å². The summed E-state index contributed by atoms with van der Waals surface area (Å²) >= 11 is 0. The molecule has 0 aromatic heterocycles.